The van der Waals surface area contributed by atoms with Crippen molar-refractivity contribution in [3.8, 4) is 0 Å². The topological polar surface area (TPSA) is 12.5 Å². The van der Waals surface area contributed by atoms with Crippen molar-refractivity contribution < 1.29 is 4.74 Å². The number of methoxy groups -OCH3 is 1. The summed E-state index contributed by atoms with van der Waals surface area (Å²) in [4.78, 5) is 3.54. The van der Waals surface area contributed by atoms with E-state index in [9.17, 15) is 0 Å². The number of alkyl halides is 1. The van der Waals surface area contributed by atoms with Crippen LogP contribution in [-0.2, 0) is 4.74 Å². The number of hydrogen-bond acceptors (Lipinski definition) is 2. The smallest absolute Gasteiger partial charge is 0.0462 e. The molecule has 0 amide bonds. The number of halogens is 1. The highest BCUT2D eigenvalue weighted by atomic mass is 79.9. The van der Waals surface area contributed by atoms with E-state index in [-0.39, 0.29) is 0 Å². The molecule has 0 aromatic rings. The molecule has 0 spiro atoms. The maximum Gasteiger partial charge on any atom is 0.0462 e. The Hall–Kier alpha value is 0.400. The third-order valence-electron chi connectivity index (χ3n) is 3.84. The van der Waals surface area contributed by atoms with Crippen LogP contribution in [0.15, 0.2) is 0 Å². The highest BCUT2D eigenvalue weighted by molar-refractivity contribution is 9.09. The fraction of sp³-hybridized carbons (Fsp3) is 1.00. The molecule has 2 fully saturated rings. The minimum atomic E-state index is 0.783. The molecule has 88 valence electrons. The van der Waals surface area contributed by atoms with Crippen molar-refractivity contribution in [3.05, 3.63) is 0 Å². The summed E-state index contributed by atoms with van der Waals surface area (Å²) in [5, 5.41) is 0. The van der Waals surface area contributed by atoms with Crippen LogP contribution in [0.1, 0.15) is 38.5 Å². The molecule has 0 aromatic carbocycles. The Bertz CT molecular complexity index is 186. The van der Waals surface area contributed by atoms with Crippen LogP contribution in [0, 0.1) is 0 Å². The molecule has 0 N–H and O–H groups in total. The molecule has 2 unspecified atom stereocenters. The van der Waals surface area contributed by atoms with Gasteiger partial charge in [-0.15, -0.1) is 0 Å². The molecule has 2 bridgehead atoms. The molecular formula is C12H22BrNO. The third kappa shape index (κ3) is 2.95. The molecule has 15 heavy (non-hydrogen) atoms. The van der Waals surface area contributed by atoms with E-state index >= 15 is 0 Å². The summed E-state index contributed by atoms with van der Waals surface area (Å²) in [5.74, 6) is 0. The summed E-state index contributed by atoms with van der Waals surface area (Å²) in [7, 11) is 1.79. The number of hydrogen-bond donors (Lipinski definition) is 0. The van der Waals surface area contributed by atoms with Gasteiger partial charge in [0.15, 0.2) is 0 Å². The lowest BCUT2D eigenvalue weighted by molar-refractivity contribution is 0.133. The molecule has 2 nitrogen and oxygen atoms in total. The Balaban J connectivity index is 1.74. The van der Waals surface area contributed by atoms with Crippen LogP contribution in [-0.4, -0.2) is 42.1 Å². The monoisotopic (exact) mass is 275 g/mol. The summed E-state index contributed by atoms with van der Waals surface area (Å²) >= 11 is 3.78. The summed E-state index contributed by atoms with van der Waals surface area (Å²) in [6.45, 7) is 2.21. The van der Waals surface area contributed by atoms with E-state index in [1.54, 1.807) is 7.11 Å². The number of ether oxygens (including phenoxy) is 1. The predicted molar refractivity (Wildman–Crippen MR) is 66.6 cm³/mol. The van der Waals surface area contributed by atoms with E-state index in [2.05, 4.69) is 20.8 Å². The van der Waals surface area contributed by atoms with Crippen LogP contribution in [0.2, 0.25) is 0 Å². The second-order valence-corrected chi connectivity index (χ2v) is 6.19. The lowest BCUT2D eigenvalue weighted by Gasteiger charge is -2.37. The molecule has 0 radical (unpaired) electrons. The van der Waals surface area contributed by atoms with Gasteiger partial charge in [0.05, 0.1) is 0 Å². The van der Waals surface area contributed by atoms with Crippen LogP contribution in [0.3, 0.4) is 0 Å². The standard InChI is InChI=1S/C12H22BrNO/c1-15-7-3-2-6-14-11-4-5-12(14)9-10(13)8-11/h10-12H,2-9H2,1H3. The first-order valence-electron chi connectivity index (χ1n) is 6.20. The normalized spacial score (nSPS) is 36.0. The molecule has 2 heterocycles. The van der Waals surface area contributed by atoms with Crippen molar-refractivity contribution in [2.45, 2.75) is 55.4 Å². The summed E-state index contributed by atoms with van der Waals surface area (Å²) in [6, 6.07) is 1.74. The minimum Gasteiger partial charge on any atom is -0.385 e. The van der Waals surface area contributed by atoms with Gasteiger partial charge in [0.2, 0.25) is 0 Å². The van der Waals surface area contributed by atoms with Gasteiger partial charge in [-0.1, -0.05) is 15.9 Å². The first-order valence-corrected chi connectivity index (χ1v) is 7.11. The lowest BCUT2D eigenvalue weighted by Crippen LogP contribution is -2.43. The van der Waals surface area contributed by atoms with Crippen LogP contribution in [0.25, 0.3) is 0 Å². The molecule has 2 aliphatic heterocycles. The van der Waals surface area contributed by atoms with E-state index in [1.807, 2.05) is 0 Å². The molecular weight excluding hydrogens is 254 g/mol. The third-order valence-corrected chi connectivity index (χ3v) is 4.59. The fourth-order valence-electron chi connectivity index (χ4n) is 3.11. The zero-order chi connectivity index (χ0) is 10.7. The number of nitrogens with zero attached hydrogens (tertiary/aromatic N) is 1. The second-order valence-electron chi connectivity index (χ2n) is 4.89. The Morgan fingerprint density at radius 3 is 2.47 bits per heavy atom. The fourth-order valence-corrected chi connectivity index (χ4v) is 3.98. The van der Waals surface area contributed by atoms with Gasteiger partial charge in [-0.05, 0) is 45.1 Å². The first-order chi connectivity index (χ1) is 7.31. The quantitative estimate of drug-likeness (QED) is 0.565. The van der Waals surface area contributed by atoms with Gasteiger partial charge in [0.1, 0.15) is 0 Å². The van der Waals surface area contributed by atoms with E-state index in [1.165, 1.54) is 45.1 Å². The molecule has 3 heteroatoms. The van der Waals surface area contributed by atoms with Gasteiger partial charge in [-0.2, -0.15) is 0 Å². The average Bonchev–Trinajstić information content (AvgIpc) is 2.46. The van der Waals surface area contributed by atoms with Crippen molar-refractivity contribution in [3.63, 3.8) is 0 Å². The van der Waals surface area contributed by atoms with Crippen molar-refractivity contribution in [1.29, 1.82) is 0 Å². The second kappa shape index (κ2) is 5.65. The van der Waals surface area contributed by atoms with E-state index in [0.29, 0.717) is 0 Å². The van der Waals surface area contributed by atoms with E-state index < -0.39 is 0 Å². The number of fused-ring (bicyclic) bond motifs is 2. The largest absolute Gasteiger partial charge is 0.385 e. The van der Waals surface area contributed by atoms with Gasteiger partial charge in [0, 0.05) is 30.6 Å². The minimum absolute atomic E-state index is 0.783. The van der Waals surface area contributed by atoms with Gasteiger partial charge < -0.3 is 4.74 Å². The predicted octanol–water partition coefficient (Wildman–Crippen LogP) is 2.80. The number of rotatable bonds is 5. The highest BCUT2D eigenvalue weighted by Gasteiger charge is 2.39. The van der Waals surface area contributed by atoms with Crippen molar-refractivity contribution in [2.75, 3.05) is 20.3 Å². The first kappa shape index (κ1) is 11.9. The summed E-state index contributed by atoms with van der Waals surface area (Å²) in [6.07, 6.45) is 8.09. The van der Waals surface area contributed by atoms with Crippen molar-refractivity contribution in [2.24, 2.45) is 0 Å². The zero-order valence-corrected chi connectivity index (χ0v) is 11.2. The molecule has 2 atom stereocenters. The van der Waals surface area contributed by atoms with Crippen LogP contribution < -0.4 is 0 Å². The molecule has 2 aliphatic rings. The molecule has 0 aliphatic carbocycles. The zero-order valence-electron chi connectivity index (χ0n) is 9.62. The molecule has 2 rings (SSSR count). The van der Waals surface area contributed by atoms with Gasteiger partial charge >= 0.3 is 0 Å². The number of piperidine rings is 1. The SMILES string of the molecule is COCCCCN1C2CCC1CC(Br)C2. The average molecular weight is 276 g/mol. The summed E-state index contributed by atoms with van der Waals surface area (Å²) in [5.41, 5.74) is 0. The molecule has 0 saturated carbocycles. The maximum absolute atomic E-state index is 5.09. The van der Waals surface area contributed by atoms with E-state index in [0.717, 1.165) is 23.5 Å². The number of unbranched alkanes of at least 4 members (excludes halogenated alkanes) is 1. The molecule has 2 saturated heterocycles. The maximum atomic E-state index is 5.09. The highest BCUT2D eigenvalue weighted by Crippen LogP contribution is 2.38. The van der Waals surface area contributed by atoms with Crippen LogP contribution in [0.5, 0.6) is 0 Å². The van der Waals surface area contributed by atoms with Crippen LogP contribution in [0.4, 0.5) is 0 Å². The Morgan fingerprint density at radius 1 is 1.20 bits per heavy atom. The van der Waals surface area contributed by atoms with Gasteiger partial charge in [-0.25, -0.2) is 0 Å². The lowest BCUT2D eigenvalue weighted by atomic mass is 10.0. The van der Waals surface area contributed by atoms with Crippen molar-refractivity contribution >= 4 is 15.9 Å². The Kier molecular flexibility index (Phi) is 4.47. The Morgan fingerprint density at radius 2 is 1.87 bits per heavy atom. The van der Waals surface area contributed by atoms with Crippen molar-refractivity contribution in [1.82, 2.24) is 4.90 Å². The molecule has 0 aromatic heterocycles. The van der Waals surface area contributed by atoms with E-state index in [4.69, 9.17) is 4.74 Å². The van der Waals surface area contributed by atoms with Gasteiger partial charge in [0.25, 0.3) is 0 Å². The van der Waals surface area contributed by atoms with Crippen LogP contribution >= 0.6 is 15.9 Å². The summed E-state index contributed by atoms with van der Waals surface area (Å²) < 4.78 is 5.09. The van der Waals surface area contributed by atoms with Gasteiger partial charge in [-0.3, -0.25) is 4.90 Å². The Labute approximate surface area is 101 Å².